The van der Waals surface area contributed by atoms with Gasteiger partial charge < -0.3 is 9.80 Å². The molecule has 2 amide bonds. The zero-order chi connectivity index (χ0) is 20.2. The molecule has 2 unspecified atom stereocenters. The minimum Gasteiger partial charge on any atom is -0.339 e. The van der Waals surface area contributed by atoms with Gasteiger partial charge in [0.05, 0.1) is 6.42 Å². The molecule has 2 aliphatic heterocycles. The van der Waals surface area contributed by atoms with Crippen LogP contribution in [0.15, 0.2) is 48.8 Å². The molecule has 1 aromatic heterocycles. The topological polar surface area (TPSA) is 77.6 Å². The molecule has 152 valence electrons. The first-order valence-electron chi connectivity index (χ1n) is 9.82. The fourth-order valence-corrected chi connectivity index (χ4v) is 3.80. The SMILES string of the molecule is O=C(Cc1ccc(F)cc1)N1CCN(C(=O)C2CC(c3cccnc3)NN2)CC1. The first-order valence-corrected chi connectivity index (χ1v) is 9.82. The normalized spacial score (nSPS) is 22.0. The average Bonchev–Trinajstić information content (AvgIpc) is 3.26. The lowest BCUT2D eigenvalue weighted by Gasteiger charge is -2.36. The molecule has 0 aliphatic carbocycles. The number of benzene rings is 1. The Labute approximate surface area is 168 Å². The molecule has 2 aliphatic rings. The Hall–Kier alpha value is -2.84. The third kappa shape index (κ3) is 4.60. The van der Waals surface area contributed by atoms with Crippen LogP contribution in [-0.2, 0) is 16.0 Å². The van der Waals surface area contributed by atoms with E-state index >= 15 is 0 Å². The standard InChI is InChI=1S/C21H24FN5O2/c22-17-5-3-15(4-6-17)12-20(28)26-8-10-27(11-9-26)21(29)19-13-18(24-25-19)16-2-1-7-23-14-16/h1-7,14,18-19,24-25H,8-13H2. The van der Waals surface area contributed by atoms with Crippen LogP contribution in [0.25, 0.3) is 0 Å². The molecule has 2 N–H and O–H groups in total. The number of carbonyl (C=O) groups is 2. The van der Waals surface area contributed by atoms with Gasteiger partial charge in [-0.3, -0.25) is 14.6 Å². The predicted octanol–water partition coefficient (Wildman–Crippen LogP) is 1.04. The van der Waals surface area contributed by atoms with E-state index in [1.807, 2.05) is 17.0 Å². The summed E-state index contributed by atoms with van der Waals surface area (Å²) >= 11 is 0. The average molecular weight is 397 g/mol. The molecule has 0 radical (unpaired) electrons. The minimum absolute atomic E-state index is 0.000932. The molecule has 1 aromatic carbocycles. The Bertz CT molecular complexity index is 853. The molecule has 7 nitrogen and oxygen atoms in total. The summed E-state index contributed by atoms with van der Waals surface area (Å²) < 4.78 is 13.0. The largest absolute Gasteiger partial charge is 0.339 e. The van der Waals surface area contributed by atoms with Crippen LogP contribution < -0.4 is 10.9 Å². The van der Waals surface area contributed by atoms with Gasteiger partial charge in [0.15, 0.2) is 0 Å². The van der Waals surface area contributed by atoms with E-state index in [2.05, 4.69) is 15.8 Å². The van der Waals surface area contributed by atoms with Crippen LogP contribution in [0.4, 0.5) is 4.39 Å². The van der Waals surface area contributed by atoms with E-state index in [9.17, 15) is 14.0 Å². The maximum Gasteiger partial charge on any atom is 0.241 e. The van der Waals surface area contributed by atoms with Crippen LogP contribution in [0.5, 0.6) is 0 Å². The third-order valence-corrected chi connectivity index (χ3v) is 5.50. The quantitative estimate of drug-likeness (QED) is 0.806. The maximum absolute atomic E-state index is 13.0. The summed E-state index contributed by atoms with van der Waals surface area (Å²) in [7, 11) is 0. The summed E-state index contributed by atoms with van der Waals surface area (Å²) in [5.74, 6) is -0.260. The van der Waals surface area contributed by atoms with Gasteiger partial charge in [-0.15, -0.1) is 0 Å². The number of carbonyl (C=O) groups excluding carboxylic acids is 2. The lowest BCUT2D eigenvalue weighted by Crippen LogP contribution is -2.54. The number of rotatable bonds is 4. The van der Waals surface area contributed by atoms with Crippen LogP contribution >= 0.6 is 0 Å². The molecule has 8 heteroatoms. The molecule has 0 saturated carbocycles. The molecule has 0 spiro atoms. The highest BCUT2D eigenvalue weighted by molar-refractivity contribution is 5.83. The van der Waals surface area contributed by atoms with Gasteiger partial charge in [-0.25, -0.2) is 15.2 Å². The van der Waals surface area contributed by atoms with Crippen molar-refractivity contribution in [3.8, 4) is 0 Å². The number of hydrazine groups is 1. The van der Waals surface area contributed by atoms with Crippen molar-refractivity contribution in [1.82, 2.24) is 25.6 Å². The fourth-order valence-electron chi connectivity index (χ4n) is 3.80. The molecule has 0 bridgehead atoms. The lowest BCUT2D eigenvalue weighted by molar-refractivity contribution is -0.140. The number of nitrogens with one attached hydrogen (secondary N) is 2. The number of nitrogens with zero attached hydrogens (tertiary/aromatic N) is 3. The smallest absolute Gasteiger partial charge is 0.241 e. The van der Waals surface area contributed by atoms with Gasteiger partial charge in [-0.05, 0) is 35.7 Å². The van der Waals surface area contributed by atoms with E-state index in [1.54, 1.807) is 29.4 Å². The second-order valence-electron chi connectivity index (χ2n) is 7.43. The van der Waals surface area contributed by atoms with Crippen LogP contribution in [0, 0.1) is 5.82 Å². The molecule has 3 heterocycles. The van der Waals surface area contributed by atoms with Gasteiger partial charge >= 0.3 is 0 Å². The number of piperazine rings is 1. The van der Waals surface area contributed by atoms with E-state index in [4.69, 9.17) is 0 Å². The van der Waals surface area contributed by atoms with E-state index in [0.717, 1.165) is 11.1 Å². The van der Waals surface area contributed by atoms with Crippen molar-refractivity contribution in [2.24, 2.45) is 0 Å². The Morgan fingerprint density at radius 3 is 2.45 bits per heavy atom. The van der Waals surface area contributed by atoms with E-state index in [1.165, 1.54) is 12.1 Å². The number of hydrogen-bond donors (Lipinski definition) is 2. The number of halogens is 1. The Kier molecular flexibility index (Phi) is 5.82. The number of aromatic nitrogens is 1. The Balaban J connectivity index is 1.26. The summed E-state index contributed by atoms with van der Waals surface area (Å²) in [4.78, 5) is 33.0. The van der Waals surface area contributed by atoms with Crippen molar-refractivity contribution in [3.05, 3.63) is 65.7 Å². The number of hydrogen-bond acceptors (Lipinski definition) is 5. The van der Waals surface area contributed by atoms with Gasteiger partial charge in [-0.2, -0.15) is 0 Å². The molecular weight excluding hydrogens is 373 g/mol. The molecule has 2 fully saturated rings. The minimum atomic E-state index is -0.311. The maximum atomic E-state index is 13.0. The van der Waals surface area contributed by atoms with E-state index < -0.39 is 0 Å². The van der Waals surface area contributed by atoms with Crippen molar-refractivity contribution in [2.45, 2.75) is 24.9 Å². The second kappa shape index (κ2) is 8.67. The highest BCUT2D eigenvalue weighted by Crippen LogP contribution is 2.22. The Morgan fingerprint density at radius 2 is 1.76 bits per heavy atom. The van der Waals surface area contributed by atoms with Crippen LogP contribution in [0.1, 0.15) is 23.6 Å². The van der Waals surface area contributed by atoms with E-state index in [-0.39, 0.29) is 36.1 Å². The zero-order valence-corrected chi connectivity index (χ0v) is 16.1. The first kappa shape index (κ1) is 19.5. The van der Waals surface area contributed by atoms with Crippen molar-refractivity contribution in [1.29, 1.82) is 0 Å². The van der Waals surface area contributed by atoms with Crippen molar-refractivity contribution in [2.75, 3.05) is 26.2 Å². The summed E-state index contributed by atoms with van der Waals surface area (Å²) in [5, 5.41) is 0. The molecule has 2 atom stereocenters. The second-order valence-corrected chi connectivity index (χ2v) is 7.43. The van der Waals surface area contributed by atoms with Gasteiger partial charge in [0.2, 0.25) is 11.8 Å². The van der Waals surface area contributed by atoms with Gasteiger partial charge in [0.1, 0.15) is 11.9 Å². The van der Waals surface area contributed by atoms with Gasteiger partial charge in [0.25, 0.3) is 0 Å². The predicted molar refractivity (Wildman–Crippen MR) is 105 cm³/mol. The summed E-state index contributed by atoms with van der Waals surface area (Å²) in [6, 6.07) is 9.62. The molecular formula is C21H24FN5O2. The molecule has 4 rings (SSSR count). The third-order valence-electron chi connectivity index (χ3n) is 5.50. The summed E-state index contributed by atoms with van der Waals surface area (Å²) in [6.45, 7) is 2.06. The van der Waals surface area contributed by atoms with Crippen LogP contribution in [0.2, 0.25) is 0 Å². The number of pyridine rings is 1. The van der Waals surface area contributed by atoms with Gasteiger partial charge in [-0.1, -0.05) is 18.2 Å². The van der Waals surface area contributed by atoms with Crippen LogP contribution in [0.3, 0.4) is 0 Å². The van der Waals surface area contributed by atoms with Crippen LogP contribution in [-0.4, -0.2) is 58.8 Å². The molecule has 2 saturated heterocycles. The van der Waals surface area contributed by atoms with E-state index in [0.29, 0.717) is 32.6 Å². The van der Waals surface area contributed by atoms with Crippen molar-refractivity contribution in [3.63, 3.8) is 0 Å². The summed E-state index contributed by atoms with van der Waals surface area (Å²) in [5.41, 5.74) is 8.10. The highest BCUT2D eigenvalue weighted by atomic mass is 19.1. The monoisotopic (exact) mass is 397 g/mol. The van der Waals surface area contributed by atoms with Gasteiger partial charge in [0, 0.05) is 44.6 Å². The first-order chi connectivity index (χ1) is 14.1. The lowest BCUT2D eigenvalue weighted by atomic mass is 10.0. The zero-order valence-electron chi connectivity index (χ0n) is 16.1. The van der Waals surface area contributed by atoms with Crippen molar-refractivity contribution >= 4 is 11.8 Å². The Morgan fingerprint density at radius 1 is 1.03 bits per heavy atom. The highest BCUT2D eigenvalue weighted by Gasteiger charge is 2.34. The fraction of sp³-hybridized carbons (Fsp3) is 0.381. The molecule has 2 aromatic rings. The number of amides is 2. The van der Waals surface area contributed by atoms with Crippen molar-refractivity contribution < 1.29 is 14.0 Å². The summed E-state index contributed by atoms with van der Waals surface area (Å²) in [6.07, 6.45) is 4.44. The molecule has 29 heavy (non-hydrogen) atoms.